The Morgan fingerprint density at radius 3 is 2.66 bits per heavy atom. The van der Waals surface area contributed by atoms with Crippen molar-refractivity contribution in [2.24, 2.45) is 5.92 Å². The van der Waals surface area contributed by atoms with Crippen LogP contribution in [-0.2, 0) is 9.59 Å². The molecule has 0 saturated carbocycles. The van der Waals surface area contributed by atoms with Crippen LogP contribution < -0.4 is 26.0 Å². The Morgan fingerprint density at radius 1 is 1.24 bits per heavy atom. The van der Waals surface area contributed by atoms with Crippen molar-refractivity contribution < 1.29 is 14.3 Å². The molecule has 152 valence electrons. The monoisotopic (exact) mass is 396 g/mol. The predicted molar refractivity (Wildman–Crippen MR) is 109 cm³/mol. The molecule has 2 aliphatic heterocycles. The summed E-state index contributed by atoms with van der Waals surface area (Å²) >= 11 is 0. The fraction of sp³-hybridized carbons (Fsp3) is 0.300. The highest BCUT2D eigenvalue weighted by molar-refractivity contribution is 6.20. The smallest absolute Gasteiger partial charge is 0.262 e. The minimum Gasteiger partial charge on any atom is -0.496 e. The number of ether oxygens (including phenoxy) is 1. The van der Waals surface area contributed by atoms with Crippen molar-refractivity contribution >= 4 is 23.9 Å². The number of hydrogen-bond acceptors (Lipinski definition) is 7. The molecule has 3 rings (SSSR count). The summed E-state index contributed by atoms with van der Waals surface area (Å²) in [6.07, 6.45) is 4.11. The molecule has 0 atom stereocenters. The van der Waals surface area contributed by atoms with Crippen LogP contribution >= 0.6 is 0 Å². The van der Waals surface area contributed by atoms with Crippen LogP contribution in [0.2, 0.25) is 0 Å². The third kappa shape index (κ3) is 4.69. The molecule has 9 nitrogen and oxygen atoms in total. The number of allylic oxidation sites excluding steroid dienone is 1. The van der Waals surface area contributed by atoms with Gasteiger partial charge in [-0.1, -0.05) is 12.1 Å². The fourth-order valence-electron chi connectivity index (χ4n) is 3.35. The van der Waals surface area contributed by atoms with Gasteiger partial charge in [-0.2, -0.15) is 0 Å². The number of carbonyl (C=O) groups excluding carboxylic acids is 2. The highest BCUT2D eigenvalue weighted by Crippen LogP contribution is 2.22. The van der Waals surface area contributed by atoms with E-state index >= 15 is 0 Å². The molecule has 0 bridgehead atoms. The van der Waals surface area contributed by atoms with Crippen LogP contribution in [0.3, 0.4) is 0 Å². The Morgan fingerprint density at radius 2 is 1.97 bits per heavy atom. The second kappa shape index (κ2) is 9.16. The van der Waals surface area contributed by atoms with Crippen molar-refractivity contribution in [2.75, 3.05) is 20.2 Å². The van der Waals surface area contributed by atoms with E-state index in [2.05, 4.69) is 21.3 Å². The van der Waals surface area contributed by atoms with Gasteiger partial charge in [0.25, 0.3) is 11.8 Å². The quantitative estimate of drug-likeness (QED) is 0.246. The fourth-order valence-corrected chi connectivity index (χ4v) is 3.35. The number of rotatable bonds is 5. The van der Waals surface area contributed by atoms with Gasteiger partial charge in [0.15, 0.2) is 0 Å². The van der Waals surface area contributed by atoms with Gasteiger partial charge in [0.1, 0.15) is 17.4 Å². The van der Waals surface area contributed by atoms with E-state index in [1.54, 1.807) is 24.3 Å². The van der Waals surface area contributed by atoms with E-state index in [-0.39, 0.29) is 29.1 Å². The first kappa shape index (κ1) is 20.3. The van der Waals surface area contributed by atoms with E-state index in [9.17, 15) is 9.59 Å². The number of carbonyl (C=O) groups is 2. The average molecular weight is 396 g/mol. The van der Waals surface area contributed by atoms with Crippen molar-refractivity contribution in [2.45, 2.75) is 12.8 Å². The molecule has 0 unspecified atom stereocenters. The molecule has 0 aliphatic carbocycles. The van der Waals surface area contributed by atoms with Crippen molar-refractivity contribution in [3.05, 3.63) is 53.0 Å². The third-order valence-corrected chi connectivity index (χ3v) is 4.86. The van der Waals surface area contributed by atoms with Gasteiger partial charge >= 0.3 is 0 Å². The van der Waals surface area contributed by atoms with Crippen LogP contribution in [0.1, 0.15) is 18.4 Å². The van der Waals surface area contributed by atoms with Crippen LogP contribution in [0.15, 0.2) is 47.4 Å². The van der Waals surface area contributed by atoms with E-state index in [1.165, 1.54) is 13.2 Å². The lowest BCUT2D eigenvalue weighted by Crippen LogP contribution is -2.43. The summed E-state index contributed by atoms with van der Waals surface area (Å²) in [5.41, 5.74) is 1.07. The molecule has 29 heavy (non-hydrogen) atoms. The summed E-state index contributed by atoms with van der Waals surface area (Å²) in [6, 6.07) is 6.83. The van der Waals surface area contributed by atoms with E-state index in [4.69, 9.17) is 15.6 Å². The summed E-state index contributed by atoms with van der Waals surface area (Å²) in [5, 5.41) is 27.3. The highest BCUT2D eigenvalue weighted by atomic mass is 16.5. The van der Waals surface area contributed by atoms with Gasteiger partial charge in [0, 0.05) is 23.9 Å². The first-order valence-electron chi connectivity index (χ1n) is 9.31. The molecule has 0 radical (unpaired) electrons. The van der Waals surface area contributed by atoms with Crippen molar-refractivity contribution in [1.29, 1.82) is 10.8 Å². The first-order chi connectivity index (χ1) is 14.0. The zero-order valence-corrected chi connectivity index (χ0v) is 16.1. The van der Waals surface area contributed by atoms with Crippen LogP contribution in [0.4, 0.5) is 0 Å². The molecule has 9 heteroatoms. The Kier molecular flexibility index (Phi) is 6.40. The number of nitrogens with one attached hydrogen (secondary N) is 6. The Hall–Kier alpha value is -3.46. The molecule has 1 aromatic rings. The van der Waals surface area contributed by atoms with E-state index in [1.807, 2.05) is 0 Å². The number of hydrogen-bond donors (Lipinski definition) is 6. The van der Waals surface area contributed by atoms with E-state index in [0.717, 1.165) is 37.8 Å². The second-order valence-electron chi connectivity index (χ2n) is 6.70. The minimum absolute atomic E-state index is 0.0717. The van der Waals surface area contributed by atoms with Gasteiger partial charge in [-0.05, 0) is 38.1 Å². The molecule has 2 amide bonds. The Balaban J connectivity index is 1.80. The Labute approximate surface area is 168 Å². The summed E-state index contributed by atoms with van der Waals surface area (Å²) in [6.45, 7) is 1.72. The van der Waals surface area contributed by atoms with Gasteiger partial charge in [-0.15, -0.1) is 0 Å². The summed E-state index contributed by atoms with van der Waals surface area (Å²) < 4.78 is 5.22. The van der Waals surface area contributed by atoms with Gasteiger partial charge in [-0.25, -0.2) is 0 Å². The normalized spacial score (nSPS) is 18.7. The van der Waals surface area contributed by atoms with Crippen molar-refractivity contribution in [1.82, 2.24) is 21.3 Å². The molecular weight excluding hydrogens is 372 g/mol. The molecule has 2 aliphatic rings. The Bertz CT molecular complexity index is 899. The maximum absolute atomic E-state index is 12.7. The number of methoxy groups -OCH3 is 1. The standard InChI is InChI=1S/C20H24N6O3/c1-29-16-5-3-2-4-13(16)18(22)26-20(28)14(11-21)19-24-15(10-17(27)25-19)12-6-8-23-9-7-12/h2-5,10-12,21,23-24H,6-9H2,1H3,(H,25,27)(H2,22,26,28)/b19-14-,21-11?. The number of piperidine rings is 1. The van der Waals surface area contributed by atoms with Gasteiger partial charge in [0.05, 0.1) is 18.2 Å². The third-order valence-electron chi connectivity index (χ3n) is 4.86. The van der Waals surface area contributed by atoms with E-state index in [0.29, 0.717) is 11.3 Å². The molecule has 1 fully saturated rings. The van der Waals surface area contributed by atoms with Crippen LogP contribution in [0.25, 0.3) is 0 Å². The van der Waals surface area contributed by atoms with Gasteiger partial charge < -0.3 is 31.4 Å². The van der Waals surface area contributed by atoms with E-state index < -0.39 is 5.91 Å². The largest absolute Gasteiger partial charge is 0.496 e. The summed E-state index contributed by atoms with van der Waals surface area (Å²) in [5.74, 6) is -0.416. The molecule has 1 aromatic carbocycles. The van der Waals surface area contributed by atoms with Crippen LogP contribution in [0, 0.1) is 16.7 Å². The first-order valence-corrected chi connectivity index (χ1v) is 9.31. The molecule has 1 saturated heterocycles. The molecule has 0 aromatic heterocycles. The summed E-state index contributed by atoms with van der Waals surface area (Å²) in [4.78, 5) is 24.9. The SMILES string of the molecule is COc1ccccc1C(=N)NC(=O)/C(C=N)=C1\NC(=O)C=C(C2CCNCC2)N1. The zero-order valence-electron chi connectivity index (χ0n) is 16.1. The van der Waals surface area contributed by atoms with Crippen molar-refractivity contribution in [3.8, 4) is 5.75 Å². The molecule has 2 heterocycles. The van der Waals surface area contributed by atoms with Crippen LogP contribution in [0.5, 0.6) is 5.75 Å². The van der Waals surface area contributed by atoms with Gasteiger partial charge in [-0.3, -0.25) is 15.0 Å². The number of benzene rings is 1. The lowest BCUT2D eigenvalue weighted by atomic mass is 9.93. The number of amides is 2. The lowest BCUT2D eigenvalue weighted by molar-refractivity contribution is -0.116. The minimum atomic E-state index is -0.676. The topological polar surface area (TPSA) is 139 Å². The summed E-state index contributed by atoms with van der Waals surface area (Å²) in [7, 11) is 1.48. The molecular formula is C20H24N6O3. The van der Waals surface area contributed by atoms with Crippen molar-refractivity contribution in [3.63, 3.8) is 0 Å². The lowest BCUT2D eigenvalue weighted by Gasteiger charge is -2.29. The number of amidine groups is 1. The second-order valence-corrected chi connectivity index (χ2v) is 6.70. The zero-order chi connectivity index (χ0) is 20.8. The predicted octanol–water partition coefficient (Wildman–Crippen LogP) is 0.601. The maximum Gasteiger partial charge on any atom is 0.262 e. The molecule has 6 N–H and O–H groups in total. The number of para-hydroxylation sites is 1. The van der Waals surface area contributed by atoms with Gasteiger partial charge in [0.2, 0.25) is 0 Å². The maximum atomic E-state index is 12.7. The molecule has 0 spiro atoms. The average Bonchev–Trinajstić information content (AvgIpc) is 2.74. The highest BCUT2D eigenvalue weighted by Gasteiger charge is 2.26. The van der Waals surface area contributed by atoms with Crippen LogP contribution in [-0.4, -0.2) is 44.1 Å².